The Morgan fingerprint density at radius 2 is 1.85 bits per heavy atom. The second-order valence-electron chi connectivity index (χ2n) is 6.95. The van der Waals surface area contributed by atoms with E-state index in [4.69, 9.17) is 9.47 Å². The maximum absolute atomic E-state index is 12.6. The molecule has 3 rings (SSSR count). The van der Waals surface area contributed by atoms with Crippen LogP contribution in [0.5, 0.6) is 11.5 Å². The van der Waals surface area contributed by atoms with Crippen LogP contribution in [0, 0.1) is 10.1 Å². The standard InChI is InChI=1S/C24H20BrN3O6/c1-2-12-33-21-9-6-16(7-10-21)24(30)34-22-11-8-19(25)13-18(22)15-26-27-23(29)17-4-3-5-20(14-17)28(31)32/h3-11,13-15H,2,12H2,1H3,(H,27,29). The number of carbonyl (C=O) groups excluding carboxylic acids is 2. The number of halogens is 1. The number of nitrogens with one attached hydrogen (secondary N) is 1. The molecule has 1 amide bonds. The minimum absolute atomic E-state index is 0.0820. The van der Waals surface area contributed by atoms with Gasteiger partial charge in [0.1, 0.15) is 11.5 Å². The lowest BCUT2D eigenvalue weighted by Gasteiger charge is -2.09. The average Bonchev–Trinajstić information content (AvgIpc) is 2.84. The molecule has 0 bridgehead atoms. The van der Waals surface area contributed by atoms with E-state index in [1.165, 1.54) is 24.4 Å². The number of benzene rings is 3. The lowest BCUT2D eigenvalue weighted by Crippen LogP contribution is -2.18. The van der Waals surface area contributed by atoms with Crippen molar-refractivity contribution in [3.8, 4) is 11.5 Å². The fourth-order valence-electron chi connectivity index (χ4n) is 2.76. The summed E-state index contributed by atoms with van der Waals surface area (Å²) < 4.78 is 11.7. The first-order chi connectivity index (χ1) is 16.4. The predicted octanol–water partition coefficient (Wildman–Crippen LogP) is 5.13. The zero-order chi connectivity index (χ0) is 24.5. The maximum Gasteiger partial charge on any atom is 0.343 e. The zero-order valence-electron chi connectivity index (χ0n) is 18.1. The van der Waals surface area contributed by atoms with E-state index in [1.54, 1.807) is 42.5 Å². The van der Waals surface area contributed by atoms with Crippen LogP contribution in [0.15, 0.2) is 76.3 Å². The van der Waals surface area contributed by atoms with Gasteiger partial charge in [0.05, 0.1) is 23.3 Å². The lowest BCUT2D eigenvalue weighted by molar-refractivity contribution is -0.384. The first kappa shape index (κ1) is 24.6. The monoisotopic (exact) mass is 525 g/mol. The molecule has 0 spiro atoms. The molecular formula is C24H20BrN3O6. The van der Waals surface area contributed by atoms with Gasteiger partial charge in [-0.05, 0) is 55.0 Å². The van der Waals surface area contributed by atoms with Crippen LogP contribution in [0.25, 0.3) is 0 Å². The molecule has 0 aromatic heterocycles. The number of rotatable bonds is 9. The van der Waals surface area contributed by atoms with Gasteiger partial charge in [0.15, 0.2) is 0 Å². The molecule has 0 aliphatic carbocycles. The third-order valence-corrected chi connectivity index (χ3v) is 4.92. The smallest absolute Gasteiger partial charge is 0.343 e. The number of nitro groups is 1. The number of non-ortho nitro benzene ring substituents is 1. The second-order valence-corrected chi connectivity index (χ2v) is 7.87. The largest absolute Gasteiger partial charge is 0.494 e. The highest BCUT2D eigenvalue weighted by Crippen LogP contribution is 2.23. The third kappa shape index (κ3) is 6.72. The van der Waals surface area contributed by atoms with Gasteiger partial charge >= 0.3 is 5.97 Å². The second kappa shape index (κ2) is 11.7. The van der Waals surface area contributed by atoms with Gasteiger partial charge in [0.25, 0.3) is 11.6 Å². The Morgan fingerprint density at radius 1 is 1.09 bits per heavy atom. The van der Waals surface area contributed by atoms with Crippen molar-refractivity contribution >= 4 is 39.7 Å². The van der Waals surface area contributed by atoms with Gasteiger partial charge in [0, 0.05) is 27.7 Å². The summed E-state index contributed by atoms with van der Waals surface area (Å²) in [6.45, 7) is 2.59. The molecule has 10 heteroatoms. The van der Waals surface area contributed by atoms with Crippen LogP contribution < -0.4 is 14.9 Å². The van der Waals surface area contributed by atoms with Crippen LogP contribution in [0.3, 0.4) is 0 Å². The molecule has 9 nitrogen and oxygen atoms in total. The number of nitrogens with zero attached hydrogens (tertiary/aromatic N) is 2. The highest BCUT2D eigenvalue weighted by molar-refractivity contribution is 9.10. The summed E-state index contributed by atoms with van der Waals surface area (Å²) in [6.07, 6.45) is 2.19. The molecule has 0 aliphatic rings. The minimum Gasteiger partial charge on any atom is -0.494 e. The van der Waals surface area contributed by atoms with Gasteiger partial charge < -0.3 is 9.47 Å². The molecule has 0 heterocycles. The summed E-state index contributed by atoms with van der Waals surface area (Å²) in [6, 6.07) is 16.8. The van der Waals surface area contributed by atoms with Crippen LogP contribution in [0.2, 0.25) is 0 Å². The number of hydrogen-bond acceptors (Lipinski definition) is 7. The van der Waals surface area contributed by atoms with E-state index >= 15 is 0 Å². The van der Waals surface area contributed by atoms with Crippen molar-refractivity contribution in [2.75, 3.05) is 6.61 Å². The number of amides is 1. The van der Waals surface area contributed by atoms with Crippen LogP contribution >= 0.6 is 15.9 Å². The molecule has 174 valence electrons. The summed E-state index contributed by atoms with van der Waals surface area (Å²) >= 11 is 3.35. The topological polar surface area (TPSA) is 120 Å². The Bertz CT molecular complexity index is 1230. The molecular weight excluding hydrogens is 506 g/mol. The Hall–Kier alpha value is -4.05. The van der Waals surface area contributed by atoms with Gasteiger partial charge in [-0.1, -0.05) is 28.9 Å². The Kier molecular flexibility index (Phi) is 8.47. The summed E-state index contributed by atoms with van der Waals surface area (Å²) in [4.78, 5) is 35.1. The van der Waals surface area contributed by atoms with Crippen molar-refractivity contribution in [3.05, 3.63) is 98.0 Å². The van der Waals surface area contributed by atoms with Crippen molar-refractivity contribution in [1.29, 1.82) is 0 Å². The van der Waals surface area contributed by atoms with E-state index < -0.39 is 16.8 Å². The van der Waals surface area contributed by atoms with Crippen molar-refractivity contribution in [1.82, 2.24) is 5.43 Å². The highest BCUT2D eigenvalue weighted by Gasteiger charge is 2.13. The number of carbonyl (C=O) groups is 2. The van der Waals surface area contributed by atoms with Crippen LogP contribution in [0.4, 0.5) is 5.69 Å². The maximum atomic E-state index is 12.6. The fraction of sp³-hybridized carbons (Fsp3) is 0.125. The molecule has 0 unspecified atom stereocenters. The van der Waals surface area contributed by atoms with Gasteiger partial charge in [-0.2, -0.15) is 5.10 Å². The van der Waals surface area contributed by atoms with Gasteiger partial charge in [0.2, 0.25) is 0 Å². The number of ether oxygens (including phenoxy) is 2. The highest BCUT2D eigenvalue weighted by atomic mass is 79.9. The lowest BCUT2D eigenvalue weighted by atomic mass is 10.2. The van der Waals surface area contributed by atoms with Crippen molar-refractivity contribution in [2.24, 2.45) is 5.10 Å². The Balaban J connectivity index is 1.70. The summed E-state index contributed by atoms with van der Waals surface area (Å²) in [5, 5.41) is 14.8. The van der Waals surface area contributed by atoms with E-state index in [0.717, 1.165) is 12.5 Å². The van der Waals surface area contributed by atoms with Crippen LogP contribution in [-0.4, -0.2) is 29.6 Å². The molecule has 0 radical (unpaired) electrons. The van der Waals surface area contributed by atoms with Gasteiger partial charge in [-0.25, -0.2) is 10.2 Å². The minimum atomic E-state index is -0.626. The van der Waals surface area contributed by atoms with E-state index in [2.05, 4.69) is 26.5 Å². The zero-order valence-corrected chi connectivity index (χ0v) is 19.7. The number of hydrogen-bond donors (Lipinski definition) is 1. The first-order valence-electron chi connectivity index (χ1n) is 10.2. The SMILES string of the molecule is CCCOc1ccc(C(=O)Oc2ccc(Br)cc2C=NNC(=O)c2cccc([N+](=O)[O-])c2)cc1. The predicted molar refractivity (Wildman–Crippen MR) is 129 cm³/mol. The summed E-state index contributed by atoms with van der Waals surface area (Å²) in [5.74, 6) is -0.305. The van der Waals surface area contributed by atoms with Crippen LogP contribution in [0.1, 0.15) is 39.6 Å². The third-order valence-electron chi connectivity index (χ3n) is 4.43. The molecule has 0 fully saturated rings. The summed E-state index contributed by atoms with van der Waals surface area (Å²) in [7, 11) is 0. The van der Waals surface area contributed by atoms with Gasteiger partial charge in [-0.3, -0.25) is 14.9 Å². The van der Waals surface area contributed by atoms with Crippen LogP contribution in [-0.2, 0) is 0 Å². The molecule has 3 aromatic rings. The summed E-state index contributed by atoms with van der Waals surface area (Å²) in [5.41, 5.74) is 2.95. The number of hydrazone groups is 1. The Labute approximate surface area is 203 Å². The van der Waals surface area contributed by atoms with Crippen molar-refractivity contribution in [3.63, 3.8) is 0 Å². The number of nitro benzene ring substituents is 1. The van der Waals surface area contributed by atoms with E-state index in [1.807, 2.05) is 6.92 Å². The fourth-order valence-corrected chi connectivity index (χ4v) is 3.14. The quantitative estimate of drug-likeness (QED) is 0.136. The molecule has 0 aliphatic heterocycles. The average molecular weight is 526 g/mol. The molecule has 0 saturated carbocycles. The van der Waals surface area contributed by atoms with E-state index in [9.17, 15) is 19.7 Å². The molecule has 3 aromatic carbocycles. The van der Waals surface area contributed by atoms with Crippen molar-refractivity contribution in [2.45, 2.75) is 13.3 Å². The molecule has 0 atom stereocenters. The first-order valence-corrected chi connectivity index (χ1v) is 11.0. The van der Waals surface area contributed by atoms with Gasteiger partial charge in [-0.15, -0.1) is 0 Å². The van der Waals surface area contributed by atoms with Crippen molar-refractivity contribution < 1.29 is 24.0 Å². The van der Waals surface area contributed by atoms with E-state index in [0.29, 0.717) is 28.0 Å². The molecule has 1 N–H and O–H groups in total. The molecule has 0 saturated heterocycles. The number of esters is 1. The normalized spacial score (nSPS) is 10.6. The van der Waals surface area contributed by atoms with E-state index in [-0.39, 0.29) is 17.0 Å². The Morgan fingerprint density at radius 3 is 2.56 bits per heavy atom. The molecule has 34 heavy (non-hydrogen) atoms.